The maximum atomic E-state index is 12.0. The van der Waals surface area contributed by atoms with Crippen molar-refractivity contribution < 1.29 is 28.2 Å². The van der Waals surface area contributed by atoms with E-state index in [2.05, 4.69) is 4.89 Å². The smallest absolute Gasteiger partial charge is 0.301 e. The molecular weight excluding hydrogens is 262 g/mol. The number of hydrogen-bond donors (Lipinski definition) is 1. The van der Waals surface area contributed by atoms with Crippen LogP contribution in [0.1, 0.15) is 16.8 Å². The Labute approximate surface area is 103 Å². The highest BCUT2D eigenvalue weighted by Gasteiger charge is 2.40. The van der Waals surface area contributed by atoms with Crippen LogP contribution < -0.4 is 0 Å². The third kappa shape index (κ3) is 1.85. The summed E-state index contributed by atoms with van der Waals surface area (Å²) in [6.07, 6.45) is -0.407. The minimum atomic E-state index is -3.91. The summed E-state index contributed by atoms with van der Waals surface area (Å²) in [4.78, 5) is 25.9. The van der Waals surface area contributed by atoms with Gasteiger partial charge in [-0.25, -0.2) is 17.5 Å². The van der Waals surface area contributed by atoms with E-state index in [1.54, 1.807) is 6.07 Å². The van der Waals surface area contributed by atoms with Gasteiger partial charge in [-0.2, -0.15) is 5.26 Å². The fourth-order valence-electron chi connectivity index (χ4n) is 1.69. The largest absolute Gasteiger partial charge is 0.343 e. The van der Waals surface area contributed by atoms with Crippen LogP contribution >= 0.6 is 0 Å². The Hall–Kier alpha value is -1.93. The van der Waals surface area contributed by atoms with Gasteiger partial charge < -0.3 is 4.89 Å². The molecule has 8 heteroatoms. The lowest BCUT2D eigenvalue weighted by Gasteiger charge is -2.13. The first kappa shape index (κ1) is 12.5. The summed E-state index contributed by atoms with van der Waals surface area (Å²) in [7, 11) is -3.91. The Kier molecular flexibility index (Phi) is 3.05. The molecule has 1 amide bonds. The fraction of sp³-hybridized carbons (Fsp3) is 0.200. The van der Waals surface area contributed by atoms with E-state index in [-0.39, 0.29) is 17.0 Å². The Morgan fingerprint density at radius 3 is 2.61 bits per heavy atom. The maximum absolute atomic E-state index is 12.0. The van der Waals surface area contributed by atoms with Gasteiger partial charge in [0.15, 0.2) is 0 Å². The fourth-order valence-corrected chi connectivity index (χ4v) is 3.26. The average molecular weight is 271 g/mol. The van der Waals surface area contributed by atoms with Crippen molar-refractivity contribution in [1.82, 2.24) is 4.31 Å². The Morgan fingerprint density at radius 2 is 2.00 bits per heavy atom. The van der Waals surface area contributed by atoms with Gasteiger partial charge in [-0.15, -0.1) is 0 Å². The topological polar surface area (TPSA) is 101 Å². The highest BCUT2D eigenvalue weighted by atomic mass is 32.2. The predicted molar refractivity (Wildman–Crippen MR) is 58.0 cm³/mol. The standard InChI is InChI=1S/C10H9NO6S/c12-9(17-14)5-6-11-10(13)7-3-1-2-4-8(7)18(11,15)16/h1-4,14H,5-6H2. The SMILES string of the molecule is O=C(CCN1C(=O)c2ccccc2S1(=O)=O)OO. The van der Waals surface area contributed by atoms with Gasteiger partial charge in [-0.1, -0.05) is 12.1 Å². The summed E-state index contributed by atoms with van der Waals surface area (Å²) in [5.74, 6) is -1.69. The molecule has 1 heterocycles. The lowest BCUT2D eigenvalue weighted by molar-refractivity contribution is -0.234. The number of hydrogen-bond acceptors (Lipinski definition) is 6. The van der Waals surface area contributed by atoms with Gasteiger partial charge in [0.25, 0.3) is 15.9 Å². The van der Waals surface area contributed by atoms with Crippen LogP contribution in [0.25, 0.3) is 0 Å². The zero-order chi connectivity index (χ0) is 13.3. The van der Waals surface area contributed by atoms with Gasteiger partial charge >= 0.3 is 5.97 Å². The summed E-state index contributed by atoms with van der Waals surface area (Å²) in [6, 6.07) is 5.79. The molecule has 0 saturated carbocycles. The third-order valence-electron chi connectivity index (χ3n) is 2.53. The normalized spacial score (nSPS) is 16.5. The number of amides is 1. The molecule has 0 aromatic heterocycles. The van der Waals surface area contributed by atoms with Crippen LogP contribution in [0.3, 0.4) is 0 Å². The van der Waals surface area contributed by atoms with E-state index in [1.165, 1.54) is 18.2 Å². The molecule has 96 valence electrons. The molecule has 0 spiro atoms. The Balaban J connectivity index is 2.31. The molecule has 0 bridgehead atoms. The van der Waals surface area contributed by atoms with Crippen molar-refractivity contribution in [2.45, 2.75) is 11.3 Å². The van der Waals surface area contributed by atoms with Crippen molar-refractivity contribution in [3.63, 3.8) is 0 Å². The highest BCUT2D eigenvalue weighted by molar-refractivity contribution is 7.90. The molecule has 0 fully saturated rings. The molecule has 0 radical (unpaired) electrons. The van der Waals surface area contributed by atoms with Crippen LogP contribution in [-0.4, -0.2) is 36.4 Å². The molecule has 1 N–H and O–H groups in total. The molecule has 1 aromatic rings. The molecule has 0 unspecified atom stereocenters. The van der Waals surface area contributed by atoms with Crippen molar-refractivity contribution in [2.24, 2.45) is 0 Å². The lowest BCUT2D eigenvalue weighted by Crippen LogP contribution is -2.32. The van der Waals surface area contributed by atoms with Crippen molar-refractivity contribution in [1.29, 1.82) is 0 Å². The zero-order valence-corrected chi connectivity index (χ0v) is 9.88. The average Bonchev–Trinajstić information content (AvgIpc) is 2.56. The minimum absolute atomic E-state index is 0.0765. The van der Waals surface area contributed by atoms with Crippen molar-refractivity contribution >= 4 is 21.9 Å². The van der Waals surface area contributed by atoms with E-state index in [0.29, 0.717) is 4.31 Å². The molecule has 0 atom stereocenters. The molecule has 0 aliphatic carbocycles. The first-order chi connectivity index (χ1) is 8.48. The Morgan fingerprint density at radius 1 is 1.33 bits per heavy atom. The number of rotatable bonds is 3. The number of benzene rings is 1. The van der Waals surface area contributed by atoms with Crippen LogP contribution in [-0.2, 0) is 19.7 Å². The molecule has 1 aliphatic rings. The minimum Gasteiger partial charge on any atom is -0.301 e. The molecular formula is C10H9NO6S. The molecule has 18 heavy (non-hydrogen) atoms. The monoisotopic (exact) mass is 271 g/mol. The van der Waals surface area contributed by atoms with Crippen LogP contribution in [0.4, 0.5) is 0 Å². The quantitative estimate of drug-likeness (QED) is 0.624. The second-order valence-corrected chi connectivity index (χ2v) is 5.42. The molecule has 0 saturated heterocycles. The van der Waals surface area contributed by atoms with Gasteiger partial charge in [0.1, 0.15) is 4.90 Å². The van der Waals surface area contributed by atoms with Gasteiger partial charge in [-0.3, -0.25) is 4.79 Å². The summed E-state index contributed by atoms with van der Waals surface area (Å²) in [5.41, 5.74) is 0.0786. The van der Waals surface area contributed by atoms with E-state index in [9.17, 15) is 18.0 Å². The summed E-state index contributed by atoms with van der Waals surface area (Å²) in [5, 5.41) is 8.08. The number of carbonyl (C=O) groups is 2. The van der Waals surface area contributed by atoms with Crippen LogP contribution in [0, 0.1) is 0 Å². The molecule has 7 nitrogen and oxygen atoms in total. The van der Waals surface area contributed by atoms with Crippen LogP contribution in [0.5, 0.6) is 0 Å². The van der Waals surface area contributed by atoms with Gasteiger partial charge in [0.05, 0.1) is 12.0 Å². The van der Waals surface area contributed by atoms with Crippen molar-refractivity contribution in [3.8, 4) is 0 Å². The van der Waals surface area contributed by atoms with Crippen molar-refractivity contribution in [3.05, 3.63) is 29.8 Å². The zero-order valence-electron chi connectivity index (χ0n) is 9.07. The number of nitrogens with zero attached hydrogens (tertiary/aromatic N) is 1. The second kappa shape index (κ2) is 4.39. The molecule has 1 aromatic carbocycles. The maximum Gasteiger partial charge on any atom is 0.343 e. The number of carbonyl (C=O) groups excluding carboxylic acids is 2. The molecule has 1 aliphatic heterocycles. The van der Waals surface area contributed by atoms with Gasteiger partial charge in [0.2, 0.25) is 0 Å². The third-order valence-corrected chi connectivity index (χ3v) is 4.37. The lowest BCUT2D eigenvalue weighted by atomic mass is 10.2. The van der Waals surface area contributed by atoms with Crippen LogP contribution in [0.2, 0.25) is 0 Å². The first-order valence-corrected chi connectivity index (χ1v) is 6.43. The summed E-state index contributed by atoms with van der Waals surface area (Å²) in [6.45, 7) is -0.366. The molecule has 2 rings (SSSR count). The Bertz CT molecular complexity index is 609. The van der Waals surface area contributed by atoms with Gasteiger partial charge in [-0.05, 0) is 12.1 Å². The number of sulfonamides is 1. The highest BCUT2D eigenvalue weighted by Crippen LogP contribution is 2.29. The van der Waals surface area contributed by atoms with E-state index < -0.39 is 28.3 Å². The predicted octanol–water partition coefficient (Wildman–Crippen LogP) is 0.237. The summed E-state index contributed by atoms with van der Waals surface area (Å²) < 4.78 is 24.6. The van der Waals surface area contributed by atoms with E-state index in [1.807, 2.05) is 0 Å². The van der Waals surface area contributed by atoms with Crippen molar-refractivity contribution in [2.75, 3.05) is 6.54 Å². The summed E-state index contributed by atoms with van der Waals surface area (Å²) >= 11 is 0. The van der Waals surface area contributed by atoms with E-state index >= 15 is 0 Å². The second-order valence-electron chi connectivity index (χ2n) is 3.59. The number of fused-ring (bicyclic) bond motifs is 1. The van der Waals surface area contributed by atoms with Gasteiger partial charge in [0, 0.05) is 6.54 Å². The van der Waals surface area contributed by atoms with Crippen LogP contribution in [0.15, 0.2) is 29.2 Å². The first-order valence-electron chi connectivity index (χ1n) is 4.99. The van der Waals surface area contributed by atoms with E-state index in [0.717, 1.165) is 0 Å². The van der Waals surface area contributed by atoms with E-state index in [4.69, 9.17) is 5.26 Å².